The molecule has 0 bridgehead atoms. The normalized spacial score (nSPS) is 25.4. The summed E-state index contributed by atoms with van der Waals surface area (Å²) in [6.07, 6.45) is 10.6. The monoisotopic (exact) mass is 218 g/mol. The summed E-state index contributed by atoms with van der Waals surface area (Å²) in [7, 11) is 0. The van der Waals surface area contributed by atoms with E-state index in [0.29, 0.717) is 6.04 Å². The lowest BCUT2D eigenvalue weighted by molar-refractivity contribution is 0.317. The van der Waals surface area contributed by atoms with Crippen molar-refractivity contribution in [2.24, 2.45) is 5.92 Å². The van der Waals surface area contributed by atoms with Gasteiger partial charge in [0.05, 0.1) is 0 Å². The largest absolute Gasteiger partial charge is 0.382 e. The molecular weight excluding hydrogens is 196 g/mol. The third-order valence-corrected chi connectivity index (χ3v) is 3.79. The van der Waals surface area contributed by atoms with E-state index in [1.807, 2.05) is 12.4 Å². The zero-order chi connectivity index (χ0) is 11.4. The molecular formula is C14H22N2. The second-order valence-corrected chi connectivity index (χ2v) is 4.89. The van der Waals surface area contributed by atoms with Crippen molar-refractivity contribution in [3.8, 4) is 0 Å². The van der Waals surface area contributed by atoms with E-state index < -0.39 is 0 Å². The van der Waals surface area contributed by atoms with Crippen molar-refractivity contribution in [2.45, 2.75) is 52.0 Å². The van der Waals surface area contributed by atoms with E-state index >= 15 is 0 Å². The number of nitrogens with one attached hydrogen (secondary N) is 1. The lowest BCUT2D eigenvalue weighted by atomic mass is 9.82. The van der Waals surface area contributed by atoms with Crippen molar-refractivity contribution < 1.29 is 0 Å². The number of rotatable bonds is 3. The van der Waals surface area contributed by atoms with Gasteiger partial charge in [0.15, 0.2) is 0 Å². The van der Waals surface area contributed by atoms with Gasteiger partial charge in [0.2, 0.25) is 0 Å². The SMILES string of the molecule is CCC1CCCCC1Nc1ccncc1C. The number of anilines is 1. The van der Waals surface area contributed by atoms with Crippen LogP contribution >= 0.6 is 0 Å². The number of pyridine rings is 1. The van der Waals surface area contributed by atoms with Crippen molar-refractivity contribution in [3.63, 3.8) is 0 Å². The van der Waals surface area contributed by atoms with Gasteiger partial charge in [-0.15, -0.1) is 0 Å². The Morgan fingerprint density at radius 3 is 2.94 bits per heavy atom. The summed E-state index contributed by atoms with van der Waals surface area (Å²) < 4.78 is 0. The summed E-state index contributed by atoms with van der Waals surface area (Å²) in [6.45, 7) is 4.43. The fourth-order valence-electron chi connectivity index (χ4n) is 2.72. The molecule has 0 amide bonds. The smallest absolute Gasteiger partial charge is 0.0403 e. The molecule has 0 radical (unpaired) electrons. The van der Waals surface area contributed by atoms with Gasteiger partial charge in [0, 0.05) is 24.1 Å². The molecule has 1 heterocycles. The van der Waals surface area contributed by atoms with E-state index in [1.54, 1.807) is 0 Å². The highest BCUT2D eigenvalue weighted by Crippen LogP contribution is 2.29. The van der Waals surface area contributed by atoms with Gasteiger partial charge < -0.3 is 5.32 Å². The molecule has 16 heavy (non-hydrogen) atoms. The van der Waals surface area contributed by atoms with Crippen molar-refractivity contribution in [1.29, 1.82) is 0 Å². The highest BCUT2D eigenvalue weighted by atomic mass is 14.9. The molecule has 1 N–H and O–H groups in total. The van der Waals surface area contributed by atoms with E-state index in [2.05, 4.69) is 30.2 Å². The van der Waals surface area contributed by atoms with E-state index in [0.717, 1.165) is 5.92 Å². The molecule has 2 rings (SSSR count). The number of aryl methyl sites for hydroxylation is 1. The van der Waals surface area contributed by atoms with Crippen LogP contribution in [0.2, 0.25) is 0 Å². The topological polar surface area (TPSA) is 24.9 Å². The van der Waals surface area contributed by atoms with Crippen molar-refractivity contribution in [2.75, 3.05) is 5.32 Å². The van der Waals surface area contributed by atoms with Crippen LogP contribution in [0, 0.1) is 12.8 Å². The van der Waals surface area contributed by atoms with Crippen LogP contribution < -0.4 is 5.32 Å². The molecule has 0 aliphatic heterocycles. The zero-order valence-corrected chi connectivity index (χ0v) is 10.4. The Labute approximate surface area is 98.5 Å². The molecule has 0 aromatic carbocycles. The molecule has 1 aromatic rings. The molecule has 2 heteroatoms. The zero-order valence-electron chi connectivity index (χ0n) is 10.4. The van der Waals surface area contributed by atoms with Gasteiger partial charge in [0.1, 0.15) is 0 Å². The Kier molecular flexibility index (Phi) is 3.81. The van der Waals surface area contributed by atoms with Crippen molar-refractivity contribution in [1.82, 2.24) is 4.98 Å². The third-order valence-electron chi connectivity index (χ3n) is 3.79. The number of aromatic nitrogens is 1. The second kappa shape index (κ2) is 5.33. The Balaban J connectivity index is 2.05. The molecule has 2 atom stereocenters. The van der Waals surface area contributed by atoms with Crippen LogP contribution in [0.4, 0.5) is 5.69 Å². The van der Waals surface area contributed by atoms with Crippen LogP contribution in [0.25, 0.3) is 0 Å². The highest BCUT2D eigenvalue weighted by Gasteiger charge is 2.23. The number of nitrogens with zero attached hydrogens (tertiary/aromatic N) is 1. The van der Waals surface area contributed by atoms with E-state index in [1.165, 1.54) is 43.4 Å². The molecule has 2 unspecified atom stereocenters. The van der Waals surface area contributed by atoms with Crippen LogP contribution in [0.1, 0.15) is 44.6 Å². The first kappa shape index (κ1) is 11.4. The summed E-state index contributed by atoms with van der Waals surface area (Å²) in [6, 6.07) is 2.76. The fourth-order valence-corrected chi connectivity index (χ4v) is 2.72. The first-order valence-corrected chi connectivity index (χ1v) is 6.48. The maximum Gasteiger partial charge on any atom is 0.0403 e. The molecule has 2 nitrogen and oxygen atoms in total. The molecule has 88 valence electrons. The van der Waals surface area contributed by atoms with Crippen LogP contribution in [-0.4, -0.2) is 11.0 Å². The summed E-state index contributed by atoms with van der Waals surface area (Å²) in [5.41, 5.74) is 2.52. The van der Waals surface area contributed by atoms with E-state index in [4.69, 9.17) is 0 Å². The molecule has 1 aliphatic carbocycles. The van der Waals surface area contributed by atoms with Gasteiger partial charge in [-0.3, -0.25) is 4.98 Å². The molecule has 1 saturated carbocycles. The Bertz CT molecular complexity index is 335. The highest BCUT2D eigenvalue weighted by molar-refractivity contribution is 5.49. The molecule has 0 saturated heterocycles. The summed E-state index contributed by atoms with van der Waals surface area (Å²) >= 11 is 0. The van der Waals surface area contributed by atoms with E-state index in [9.17, 15) is 0 Å². The predicted molar refractivity (Wildman–Crippen MR) is 68.6 cm³/mol. The van der Waals surface area contributed by atoms with Crippen molar-refractivity contribution >= 4 is 5.69 Å². The quantitative estimate of drug-likeness (QED) is 0.835. The molecule has 1 fully saturated rings. The van der Waals surface area contributed by atoms with Gasteiger partial charge >= 0.3 is 0 Å². The first-order chi connectivity index (χ1) is 7.81. The van der Waals surface area contributed by atoms with Gasteiger partial charge in [-0.1, -0.05) is 26.2 Å². The summed E-state index contributed by atoms with van der Waals surface area (Å²) in [5.74, 6) is 0.848. The van der Waals surface area contributed by atoms with Gasteiger partial charge in [-0.25, -0.2) is 0 Å². The Hall–Kier alpha value is -1.05. The maximum atomic E-state index is 4.14. The third kappa shape index (κ3) is 2.55. The van der Waals surface area contributed by atoms with Crippen LogP contribution in [0.5, 0.6) is 0 Å². The predicted octanol–water partition coefficient (Wildman–Crippen LogP) is 3.77. The van der Waals surface area contributed by atoms with Gasteiger partial charge in [-0.05, 0) is 37.3 Å². The van der Waals surface area contributed by atoms with Crippen LogP contribution in [0.3, 0.4) is 0 Å². The molecule has 1 aromatic heterocycles. The van der Waals surface area contributed by atoms with Crippen molar-refractivity contribution in [3.05, 3.63) is 24.0 Å². The first-order valence-electron chi connectivity index (χ1n) is 6.48. The Morgan fingerprint density at radius 1 is 1.38 bits per heavy atom. The standard InChI is InChI=1S/C14H22N2/c1-3-12-6-4-5-7-14(12)16-13-8-9-15-10-11(13)2/h8-10,12,14H,3-7H2,1-2H3,(H,15,16). The van der Waals surface area contributed by atoms with Crippen LogP contribution in [0.15, 0.2) is 18.5 Å². The average Bonchev–Trinajstić information content (AvgIpc) is 2.33. The Morgan fingerprint density at radius 2 is 2.19 bits per heavy atom. The van der Waals surface area contributed by atoms with Crippen LogP contribution in [-0.2, 0) is 0 Å². The van der Waals surface area contributed by atoms with Gasteiger partial charge in [0.25, 0.3) is 0 Å². The second-order valence-electron chi connectivity index (χ2n) is 4.89. The molecule has 1 aliphatic rings. The van der Waals surface area contributed by atoms with E-state index in [-0.39, 0.29) is 0 Å². The summed E-state index contributed by atoms with van der Waals surface area (Å²) in [4.78, 5) is 4.14. The number of hydrogen-bond acceptors (Lipinski definition) is 2. The molecule has 0 spiro atoms. The maximum absolute atomic E-state index is 4.14. The lowest BCUT2D eigenvalue weighted by Crippen LogP contribution is -2.32. The minimum Gasteiger partial charge on any atom is -0.382 e. The average molecular weight is 218 g/mol. The van der Waals surface area contributed by atoms with Gasteiger partial charge in [-0.2, -0.15) is 0 Å². The minimum absolute atomic E-state index is 0.667. The fraction of sp³-hybridized carbons (Fsp3) is 0.643. The number of hydrogen-bond donors (Lipinski definition) is 1. The summed E-state index contributed by atoms with van der Waals surface area (Å²) in [5, 5.41) is 3.71. The minimum atomic E-state index is 0.667. The lowest BCUT2D eigenvalue weighted by Gasteiger charge is -2.32.